The first-order chi connectivity index (χ1) is 5.54. The molecule has 0 aliphatic rings. The average molecular weight is 176 g/mol. The van der Waals surface area contributed by atoms with E-state index < -0.39 is 5.97 Å². The van der Waals surface area contributed by atoms with Crippen molar-refractivity contribution in [2.75, 3.05) is 7.11 Å². The van der Waals surface area contributed by atoms with E-state index in [1.807, 2.05) is 6.92 Å². The number of ether oxygens (including phenoxy) is 1. The van der Waals surface area contributed by atoms with Crippen molar-refractivity contribution < 1.29 is 19.4 Å². The maximum Gasteiger partial charge on any atom is 0.303 e. The summed E-state index contributed by atoms with van der Waals surface area (Å²) in [5.41, 5.74) is 0. The van der Waals surface area contributed by atoms with Gasteiger partial charge in [0.2, 0.25) is 0 Å². The third-order valence-corrected chi connectivity index (χ3v) is 1.03. The molecule has 0 saturated carbocycles. The molecule has 0 aromatic carbocycles. The predicted octanol–water partition coefficient (Wildman–Crippen LogP) is 1.44. The van der Waals surface area contributed by atoms with Crippen LogP contribution in [0.1, 0.15) is 33.1 Å². The second kappa shape index (κ2) is 9.94. The second-order valence-corrected chi connectivity index (χ2v) is 2.19. The summed E-state index contributed by atoms with van der Waals surface area (Å²) in [7, 11) is 1.35. The van der Waals surface area contributed by atoms with Crippen molar-refractivity contribution in [3.05, 3.63) is 0 Å². The first-order valence-corrected chi connectivity index (χ1v) is 3.80. The lowest BCUT2D eigenvalue weighted by Crippen LogP contribution is -1.91. The molecular weight excluding hydrogens is 160 g/mol. The highest BCUT2D eigenvalue weighted by Crippen LogP contribution is 1.91. The smallest absolute Gasteiger partial charge is 0.303 e. The van der Waals surface area contributed by atoms with Crippen molar-refractivity contribution in [2.45, 2.75) is 33.1 Å². The topological polar surface area (TPSA) is 63.6 Å². The van der Waals surface area contributed by atoms with Gasteiger partial charge >= 0.3 is 11.9 Å². The van der Waals surface area contributed by atoms with Gasteiger partial charge in [0, 0.05) is 13.3 Å². The number of unbranched alkanes of at least 4 members (excludes halogenated alkanes) is 1. The van der Waals surface area contributed by atoms with E-state index in [-0.39, 0.29) is 5.97 Å². The minimum atomic E-state index is -0.693. The fourth-order valence-electron chi connectivity index (χ4n) is 0.328. The Bertz CT molecular complexity index is 131. The summed E-state index contributed by atoms with van der Waals surface area (Å²) in [6.45, 7) is 3.34. The Balaban J connectivity index is 0. The molecule has 0 amide bonds. The molecule has 4 nitrogen and oxygen atoms in total. The number of aliphatic carboxylic acids is 1. The summed E-state index contributed by atoms with van der Waals surface area (Å²) in [5, 5.41) is 8.04. The van der Waals surface area contributed by atoms with E-state index in [0.717, 1.165) is 12.8 Å². The molecule has 12 heavy (non-hydrogen) atoms. The molecular formula is C8H16O4. The van der Waals surface area contributed by atoms with Gasteiger partial charge in [0.15, 0.2) is 0 Å². The van der Waals surface area contributed by atoms with Crippen molar-refractivity contribution in [3.8, 4) is 0 Å². The van der Waals surface area contributed by atoms with Gasteiger partial charge in [0.1, 0.15) is 0 Å². The molecule has 0 saturated heterocycles. The van der Waals surface area contributed by atoms with Crippen LogP contribution in [-0.2, 0) is 14.3 Å². The number of hydrogen-bond acceptors (Lipinski definition) is 3. The Hall–Kier alpha value is -1.06. The average Bonchev–Trinajstić information content (AvgIpc) is 2.02. The van der Waals surface area contributed by atoms with E-state index in [4.69, 9.17) is 5.11 Å². The van der Waals surface area contributed by atoms with Gasteiger partial charge in [-0.2, -0.15) is 0 Å². The monoisotopic (exact) mass is 176 g/mol. The van der Waals surface area contributed by atoms with Crippen LogP contribution in [0.15, 0.2) is 0 Å². The normalized spacial score (nSPS) is 7.92. The van der Waals surface area contributed by atoms with Crippen molar-refractivity contribution in [1.29, 1.82) is 0 Å². The maximum atomic E-state index is 9.76. The number of carbonyl (C=O) groups excluding carboxylic acids is 1. The second-order valence-electron chi connectivity index (χ2n) is 2.19. The van der Waals surface area contributed by atoms with Gasteiger partial charge in [-0.3, -0.25) is 9.59 Å². The van der Waals surface area contributed by atoms with Gasteiger partial charge in [0.05, 0.1) is 7.11 Å². The van der Waals surface area contributed by atoms with E-state index in [2.05, 4.69) is 4.74 Å². The van der Waals surface area contributed by atoms with Crippen LogP contribution in [0, 0.1) is 0 Å². The molecule has 0 rings (SSSR count). The fraction of sp³-hybridized carbons (Fsp3) is 0.750. The van der Waals surface area contributed by atoms with Gasteiger partial charge in [-0.05, 0) is 6.42 Å². The SMILES string of the molecule is CCCCC(=O)O.COC(C)=O. The van der Waals surface area contributed by atoms with Crippen molar-refractivity contribution >= 4 is 11.9 Å². The van der Waals surface area contributed by atoms with Crippen LogP contribution in [0.4, 0.5) is 0 Å². The molecule has 0 aromatic rings. The highest BCUT2D eigenvalue weighted by Gasteiger charge is 1.90. The molecule has 0 spiro atoms. The van der Waals surface area contributed by atoms with E-state index >= 15 is 0 Å². The Morgan fingerprint density at radius 2 is 1.83 bits per heavy atom. The van der Waals surface area contributed by atoms with E-state index in [1.54, 1.807) is 0 Å². The van der Waals surface area contributed by atoms with Crippen LogP contribution in [0.2, 0.25) is 0 Å². The lowest BCUT2D eigenvalue weighted by Gasteiger charge is -1.85. The number of hydrogen-bond donors (Lipinski definition) is 1. The summed E-state index contributed by atoms with van der Waals surface area (Å²) < 4.78 is 4.11. The lowest BCUT2D eigenvalue weighted by molar-refractivity contribution is -0.138. The van der Waals surface area contributed by atoms with Gasteiger partial charge < -0.3 is 9.84 Å². The third-order valence-electron chi connectivity index (χ3n) is 1.03. The third kappa shape index (κ3) is 23.1. The molecule has 0 atom stereocenters. The Morgan fingerprint density at radius 3 is 1.92 bits per heavy atom. The molecule has 4 heteroatoms. The molecule has 0 heterocycles. The fourth-order valence-corrected chi connectivity index (χ4v) is 0.328. The first-order valence-electron chi connectivity index (χ1n) is 3.80. The molecule has 1 N–H and O–H groups in total. The lowest BCUT2D eigenvalue weighted by atomic mass is 10.3. The van der Waals surface area contributed by atoms with Crippen LogP contribution in [0.3, 0.4) is 0 Å². The van der Waals surface area contributed by atoms with Gasteiger partial charge in [0.25, 0.3) is 0 Å². The number of carbonyl (C=O) groups is 2. The maximum absolute atomic E-state index is 9.76. The molecule has 0 aromatic heterocycles. The minimum Gasteiger partial charge on any atom is -0.481 e. The van der Waals surface area contributed by atoms with Crippen LogP contribution in [-0.4, -0.2) is 24.2 Å². The van der Waals surface area contributed by atoms with Gasteiger partial charge in [-0.1, -0.05) is 13.3 Å². The van der Waals surface area contributed by atoms with Crippen LogP contribution in [0.25, 0.3) is 0 Å². The quantitative estimate of drug-likeness (QED) is 0.661. The highest BCUT2D eigenvalue weighted by atomic mass is 16.5. The van der Waals surface area contributed by atoms with Gasteiger partial charge in [-0.25, -0.2) is 0 Å². The largest absolute Gasteiger partial charge is 0.481 e. The summed E-state index contributed by atoms with van der Waals surface area (Å²) in [4.78, 5) is 19.3. The van der Waals surface area contributed by atoms with Crippen LogP contribution in [0.5, 0.6) is 0 Å². The predicted molar refractivity (Wildman–Crippen MR) is 44.9 cm³/mol. The Morgan fingerprint density at radius 1 is 1.42 bits per heavy atom. The first kappa shape index (κ1) is 13.5. The highest BCUT2D eigenvalue weighted by molar-refractivity contribution is 5.66. The summed E-state index contributed by atoms with van der Waals surface area (Å²) in [6.07, 6.45) is 2.08. The minimum absolute atomic E-state index is 0.245. The molecule has 0 unspecified atom stereocenters. The molecule has 0 aliphatic carbocycles. The number of methoxy groups -OCH3 is 1. The van der Waals surface area contributed by atoms with Crippen LogP contribution >= 0.6 is 0 Å². The molecule has 0 aliphatic heterocycles. The molecule has 0 bridgehead atoms. The molecule has 0 fully saturated rings. The summed E-state index contributed by atoms with van der Waals surface area (Å²) in [5.74, 6) is -0.938. The standard InChI is InChI=1S/C5H10O2.C3H6O2/c1-2-3-4-5(6)7;1-3(4)5-2/h2-4H2,1H3,(H,6,7);1-2H3. The summed E-state index contributed by atoms with van der Waals surface area (Å²) in [6, 6.07) is 0. The zero-order valence-electron chi connectivity index (χ0n) is 7.79. The number of esters is 1. The van der Waals surface area contributed by atoms with E-state index in [0.29, 0.717) is 6.42 Å². The van der Waals surface area contributed by atoms with Crippen molar-refractivity contribution in [3.63, 3.8) is 0 Å². The van der Waals surface area contributed by atoms with Gasteiger partial charge in [-0.15, -0.1) is 0 Å². The van der Waals surface area contributed by atoms with Crippen molar-refractivity contribution in [1.82, 2.24) is 0 Å². The number of carboxylic acid groups (broad SMARTS) is 1. The van der Waals surface area contributed by atoms with E-state index in [1.165, 1.54) is 14.0 Å². The van der Waals surface area contributed by atoms with E-state index in [9.17, 15) is 9.59 Å². The summed E-state index contributed by atoms with van der Waals surface area (Å²) >= 11 is 0. The Labute approximate surface area is 72.5 Å². The molecule has 72 valence electrons. The van der Waals surface area contributed by atoms with Crippen molar-refractivity contribution in [2.24, 2.45) is 0 Å². The Kier molecular flexibility index (Phi) is 11.2. The van der Waals surface area contributed by atoms with Crippen LogP contribution < -0.4 is 0 Å². The zero-order chi connectivity index (χ0) is 9.98. The molecule has 0 radical (unpaired) electrons. The zero-order valence-corrected chi connectivity index (χ0v) is 7.79. The number of carboxylic acids is 1. The number of rotatable bonds is 3.